The van der Waals surface area contributed by atoms with Crippen LogP contribution >= 0.6 is 0 Å². The molecule has 0 spiro atoms. The number of aryl methyl sites for hydroxylation is 1. The van der Waals surface area contributed by atoms with Gasteiger partial charge >= 0.3 is 0 Å². The van der Waals surface area contributed by atoms with E-state index < -0.39 is 18.0 Å². The van der Waals surface area contributed by atoms with E-state index >= 15 is 0 Å². The fourth-order valence-electron chi connectivity index (χ4n) is 4.62. The number of hydrogen-bond acceptors (Lipinski definition) is 5. The highest BCUT2D eigenvalue weighted by Gasteiger charge is 2.33. The lowest BCUT2D eigenvalue weighted by Gasteiger charge is -2.19. The Kier molecular flexibility index (Phi) is 5.99. The summed E-state index contributed by atoms with van der Waals surface area (Å²) in [4.78, 5) is 50.8. The fourth-order valence-corrected chi connectivity index (χ4v) is 4.62. The Morgan fingerprint density at radius 2 is 1.75 bits per heavy atom. The minimum Gasteiger partial charge on any atom is -0.370 e. The fraction of sp³-hybridized carbons (Fsp3) is 0.185. The first-order valence-corrected chi connectivity index (χ1v) is 11.5. The maximum Gasteiger partial charge on any atom is 0.259 e. The molecule has 2 aliphatic rings. The standard InChI is InChI=1S/C27H24N4O5/c1-30-15-19(18-5-2-3-6-20(18)30)25-24(26(35)29-27(25)36)16-8-10-17(11-9-16)28-21(32)7-4-14-31-22(33)12-13-23(31)34/h2-3,5-6,8-13,15,22,33H,4,7,14H2,1H3,(H,28,32)(H,29,35,36). The first-order chi connectivity index (χ1) is 17.3. The summed E-state index contributed by atoms with van der Waals surface area (Å²) in [5.74, 6) is -1.42. The van der Waals surface area contributed by atoms with E-state index in [-0.39, 0.29) is 30.4 Å². The van der Waals surface area contributed by atoms with E-state index in [0.29, 0.717) is 28.8 Å². The second kappa shape index (κ2) is 9.27. The van der Waals surface area contributed by atoms with Gasteiger partial charge in [0.2, 0.25) is 11.8 Å². The van der Waals surface area contributed by atoms with Crippen LogP contribution in [0.3, 0.4) is 0 Å². The van der Waals surface area contributed by atoms with Gasteiger partial charge in [-0.1, -0.05) is 30.3 Å². The average Bonchev–Trinajstić information content (AvgIpc) is 3.47. The van der Waals surface area contributed by atoms with Gasteiger partial charge in [-0.05, 0) is 36.3 Å². The molecule has 1 atom stereocenters. The van der Waals surface area contributed by atoms with Gasteiger partial charge < -0.3 is 19.9 Å². The molecule has 1 aromatic heterocycles. The second-order valence-corrected chi connectivity index (χ2v) is 8.74. The molecule has 0 bridgehead atoms. The lowest BCUT2D eigenvalue weighted by Crippen LogP contribution is -2.34. The van der Waals surface area contributed by atoms with Crippen LogP contribution < -0.4 is 10.6 Å². The third-order valence-corrected chi connectivity index (χ3v) is 6.37. The molecule has 0 radical (unpaired) electrons. The van der Waals surface area contributed by atoms with Gasteiger partial charge in [0, 0.05) is 54.4 Å². The smallest absolute Gasteiger partial charge is 0.259 e. The number of imide groups is 1. The molecule has 3 heterocycles. The predicted octanol–water partition coefficient (Wildman–Crippen LogP) is 2.18. The molecule has 9 heteroatoms. The summed E-state index contributed by atoms with van der Waals surface area (Å²) >= 11 is 0. The van der Waals surface area contributed by atoms with Crippen LogP contribution in [0.4, 0.5) is 5.69 Å². The Balaban J connectivity index is 1.32. The molecule has 5 rings (SSSR count). The van der Waals surface area contributed by atoms with Crippen LogP contribution in [0, 0.1) is 0 Å². The molecular weight excluding hydrogens is 460 g/mol. The number of aromatic nitrogens is 1. The Morgan fingerprint density at radius 3 is 2.47 bits per heavy atom. The van der Waals surface area contributed by atoms with Crippen molar-refractivity contribution >= 4 is 51.4 Å². The van der Waals surface area contributed by atoms with E-state index in [2.05, 4.69) is 10.6 Å². The molecule has 36 heavy (non-hydrogen) atoms. The molecule has 0 aliphatic carbocycles. The summed E-state index contributed by atoms with van der Waals surface area (Å²) in [6.45, 7) is 0.271. The van der Waals surface area contributed by atoms with Crippen molar-refractivity contribution in [3.05, 3.63) is 78.0 Å². The number of amides is 4. The number of hydrogen-bond donors (Lipinski definition) is 3. The van der Waals surface area contributed by atoms with E-state index in [4.69, 9.17) is 0 Å². The first-order valence-electron chi connectivity index (χ1n) is 11.5. The zero-order chi connectivity index (χ0) is 25.4. The lowest BCUT2D eigenvalue weighted by atomic mass is 9.96. The van der Waals surface area contributed by atoms with E-state index in [1.54, 1.807) is 24.3 Å². The number of carbonyl (C=O) groups is 4. The van der Waals surface area contributed by atoms with Gasteiger partial charge in [-0.3, -0.25) is 24.5 Å². The zero-order valence-corrected chi connectivity index (χ0v) is 19.5. The van der Waals surface area contributed by atoms with Crippen LogP contribution in [0.25, 0.3) is 22.0 Å². The van der Waals surface area contributed by atoms with Crippen LogP contribution in [0.2, 0.25) is 0 Å². The highest BCUT2D eigenvalue weighted by molar-refractivity contribution is 6.50. The minimum absolute atomic E-state index is 0.172. The molecule has 4 amide bonds. The van der Waals surface area contributed by atoms with Gasteiger partial charge in [-0.2, -0.15) is 0 Å². The van der Waals surface area contributed by atoms with E-state index in [1.165, 1.54) is 17.1 Å². The van der Waals surface area contributed by atoms with Crippen molar-refractivity contribution in [1.29, 1.82) is 0 Å². The predicted molar refractivity (Wildman–Crippen MR) is 134 cm³/mol. The van der Waals surface area contributed by atoms with Crippen molar-refractivity contribution in [2.24, 2.45) is 7.05 Å². The Labute approximate surface area is 206 Å². The Morgan fingerprint density at radius 1 is 1.03 bits per heavy atom. The monoisotopic (exact) mass is 484 g/mol. The summed E-state index contributed by atoms with van der Waals surface area (Å²) in [5.41, 5.74) is 3.34. The molecule has 1 unspecified atom stereocenters. The third-order valence-electron chi connectivity index (χ3n) is 6.37. The van der Waals surface area contributed by atoms with Gasteiger partial charge in [0.25, 0.3) is 11.8 Å². The second-order valence-electron chi connectivity index (χ2n) is 8.74. The minimum atomic E-state index is -0.944. The number of nitrogens with one attached hydrogen (secondary N) is 2. The summed E-state index contributed by atoms with van der Waals surface area (Å²) in [5, 5.41) is 15.8. The maximum atomic E-state index is 12.8. The van der Waals surface area contributed by atoms with Gasteiger partial charge in [0.05, 0.1) is 11.1 Å². The highest BCUT2D eigenvalue weighted by Crippen LogP contribution is 2.36. The van der Waals surface area contributed by atoms with Crippen molar-refractivity contribution in [3.8, 4) is 0 Å². The molecular formula is C27H24N4O5. The largest absolute Gasteiger partial charge is 0.370 e. The Hall–Kier alpha value is -4.50. The lowest BCUT2D eigenvalue weighted by molar-refractivity contribution is -0.131. The van der Waals surface area contributed by atoms with Crippen LogP contribution in [0.1, 0.15) is 24.0 Å². The summed E-state index contributed by atoms with van der Waals surface area (Å²) in [6, 6.07) is 14.4. The SMILES string of the molecule is Cn1cc(C2=C(c3ccc(NC(=O)CCCN4C(=O)C=CC4O)cc3)C(=O)NC2=O)c2ccccc21. The molecule has 3 aromatic rings. The Bertz CT molecular complexity index is 1470. The number of nitrogens with zero attached hydrogens (tertiary/aromatic N) is 2. The van der Waals surface area contributed by atoms with E-state index in [9.17, 15) is 24.3 Å². The zero-order valence-electron chi connectivity index (χ0n) is 19.5. The van der Waals surface area contributed by atoms with Crippen molar-refractivity contribution < 1.29 is 24.3 Å². The van der Waals surface area contributed by atoms with Crippen LogP contribution in [0.15, 0.2) is 66.9 Å². The molecule has 0 saturated heterocycles. The number of aliphatic hydroxyl groups excluding tert-OH is 1. The third kappa shape index (κ3) is 4.20. The quantitative estimate of drug-likeness (QED) is 0.444. The number of carbonyl (C=O) groups excluding carboxylic acids is 4. The van der Waals surface area contributed by atoms with Crippen molar-refractivity contribution in [3.63, 3.8) is 0 Å². The molecule has 2 aliphatic heterocycles. The maximum absolute atomic E-state index is 12.8. The van der Waals surface area contributed by atoms with Crippen LogP contribution in [-0.4, -0.2) is 51.0 Å². The number of benzene rings is 2. The summed E-state index contributed by atoms with van der Waals surface area (Å²) in [6.07, 6.45) is 4.19. The van der Waals surface area contributed by atoms with Crippen molar-refractivity contribution in [1.82, 2.24) is 14.8 Å². The van der Waals surface area contributed by atoms with Crippen molar-refractivity contribution in [2.75, 3.05) is 11.9 Å². The number of rotatable bonds is 7. The molecule has 2 aromatic carbocycles. The highest BCUT2D eigenvalue weighted by atomic mass is 16.3. The first kappa shape index (κ1) is 23.3. The van der Waals surface area contributed by atoms with Crippen molar-refractivity contribution in [2.45, 2.75) is 19.1 Å². The molecule has 9 nitrogen and oxygen atoms in total. The summed E-state index contributed by atoms with van der Waals surface area (Å²) < 4.78 is 1.92. The topological polar surface area (TPSA) is 121 Å². The van der Waals surface area contributed by atoms with Gasteiger partial charge in [0.15, 0.2) is 0 Å². The normalized spacial score (nSPS) is 17.4. The number of fused-ring (bicyclic) bond motifs is 1. The van der Waals surface area contributed by atoms with Crippen LogP contribution in [0.5, 0.6) is 0 Å². The number of anilines is 1. The van der Waals surface area contributed by atoms with Gasteiger partial charge in [-0.25, -0.2) is 0 Å². The molecule has 182 valence electrons. The average molecular weight is 485 g/mol. The molecule has 0 saturated carbocycles. The van der Waals surface area contributed by atoms with Crippen LogP contribution in [-0.2, 0) is 26.2 Å². The number of para-hydroxylation sites is 1. The van der Waals surface area contributed by atoms with Gasteiger partial charge in [0.1, 0.15) is 6.23 Å². The van der Waals surface area contributed by atoms with E-state index in [1.807, 2.05) is 42.1 Å². The van der Waals surface area contributed by atoms with Gasteiger partial charge in [-0.15, -0.1) is 0 Å². The number of aliphatic hydroxyl groups is 1. The van der Waals surface area contributed by atoms with E-state index in [0.717, 1.165) is 10.9 Å². The molecule has 3 N–H and O–H groups in total. The molecule has 0 fully saturated rings. The summed E-state index contributed by atoms with van der Waals surface area (Å²) in [7, 11) is 1.89.